The minimum absolute atomic E-state index is 0.770. The maximum atomic E-state index is 10.0. The molecule has 0 N–H and O–H groups in total. The first-order chi connectivity index (χ1) is 6.74. The third-order valence-electron chi connectivity index (χ3n) is 2.00. The van der Waals surface area contributed by atoms with Crippen LogP contribution in [0.1, 0.15) is 16.7 Å². The lowest BCUT2D eigenvalue weighted by molar-refractivity contribution is -0.104. The molecule has 1 nitrogen and oxygen atoms in total. The molecule has 0 aromatic heterocycles. The second-order valence-electron chi connectivity index (χ2n) is 3.24. The Bertz CT molecular complexity index is 373. The molecule has 0 radical (unpaired) electrons. The molecule has 0 aliphatic carbocycles. The van der Waals surface area contributed by atoms with E-state index in [-0.39, 0.29) is 0 Å². The molecule has 0 fully saturated rings. The lowest BCUT2D eigenvalue weighted by atomic mass is 10.1. The fourth-order valence-electron chi connectivity index (χ4n) is 1.28. The minimum Gasteiger partial charge on any atom is -0.299 e. The first-order valence-corrected chi connectivity index (χ1v) is 4.60. The van der Waals surface area contributed by atoms with E-state index in [4.69, 9.17) is 0 Å². The van der Waals surface area contributed by atoms with Gasteiger partial charge in [-0.3, -0.25) is 4.79 Å². The molecule has 1 heteroatoms. The van der Waals surface area contributed by atoms with E-state index < -0.39 is 0 Å². The van der Waals surface area contributed by atoms with E-state index in [1.54, 1.807) is 6.08 Å². The Balaban J connectivity index is 2.81. The summed E-state index contributed by atoms with van der Waals surface area (Å²) in [7, 11) is 0. The Hall–Kier alpha value is -1.63. The lowest BCUT2D eigenvalue weighted by Crippen LogP contribution is -1.81. The number of rotatable bonds is 3. The van der Waals surface area contributed by atoms with Crippen LogP contribution in [0.5, 0.6) is 0 Å². The van der Waals surface area contributed by atoms with Gasteiger partial charge in [0, 0.05) is 0 Å². The van der Waals surface area contributed by atoms with Crippen LogP contribution in [0.3, 0.4) is 0 Å². The third kappa shape index (κ3) is 3.02. The van der Waals surface area contributed by atoms with Crippen molar-refractivity contribution in [2.45, 2.75) is 13.8 Å². The van der Waals surface area contributed by atoms with Crippen molar-refractivity contribution in [2.75, 3.05) is 0 Å². The summed E-state index contributed by atoms with van der Waals surface area (Å²) in [6.07, 6.45) is 7.83. The third-order valence-corrected chi connectivity index (χ3v) is 2.00. The van der Waals surface area contributed by atoms with Gasteiger partial charge in [0.1, 0.15) is 6.29 Å². The molecular formula is C13H14O. The average Bonchev–Trinajstić information content (AvgIpc) is 2.15. The highest BCUT2D eigenvalue weighted by atomic mass is 16.1. The molecule has 0 aliphatic heterocycles. The number of aldehydes is 1. The van der Waals surface area contributed by atoms with Crippen molar-refractivity contribution in [2.24, 2.45) is 0 Å². The predicted molar refractivity (Wildman–Crippen MR) is 60.2 cm³/mol. The Morgan fingerprint density at radius 3 is 2.50 bits per heavy atom. The molecule has 72 valence electrons. The van der Waals surface area contributed by atoms with Crippen molar-refractivity contribution in [3.63, 3.8) is 0 Å². The summed E-state index contributed by atoms with van der Waals surface area (Å²) in [5.74, 6) is 0. The van der Waals surface area contributed by atoms with E-state index >= 15 is 0 Å². The fourth-order valence-corrected chi connectivity index (χ4v) is 1.28. The molecule has 0 saturated carbocycles. The highest BCUT2D eigenvalue weighted by Crippen LogP contribution is 2.11. The van der Waals surface area contributed by atoms with Crippen molar-refractivity contribution in [1.82, 2.24) is 0 Å². The fraction of sp³-hybridized carbons (Fsp3) is 0.154. The Kier molecular flexibility index (Phi) is 3.86. The number of benzene rings is 1. The summed E-state index contributed by atoms with van der Waals surface area (Å²) in [6.45, 7) is 4.16. The molecule has 0 saturated heterocycles. The second kappa shape index (κ2) is 5.18. The first kappa shape index (κ1) is 10.5. The standard InChI is InChI=1S/C13H14O/c1-11-7-8-13(12(2)10-11)6-4-3-5-9-14/h3-10H,1-2H3/b5-3+,6-4+. The Labute approximate surface area is 84.8 Å². The van der Waals surface area contributed by atoms with Crippen molar-refractivity contribution in [1.29, 1.82) is 0 Å². The molecule has 0 amide bonds. The van der Waals surface area contributed by atoms with Gasteiger partial charge in [-0.25, -0.2) is 0 Å². The van der Waals surface area contributed by atoms with E-state index in [1.165, 1.54) is 22.8 Å². The monoisotopic (exact) mass is 186 g/mol. The molecular weight excluding hydrogens is 172 g/mol. The number of aryl methyl sites for hydroxylation is 2. The van der Waals surface area contributed by atoms with Crippen LogP contribution in [-0.2, 0) is 4.79 Å². The molecule has 1 aromatic rings. The molecule has 1 aromatic carbocycles. The first-order valence-electron chi connectivity index (χ1n) is 4.60. The van der Waals surface area contributed by atoms with Crippen LogP contribution in [-0.4, -0.2) is 6.29 Å². The van der Waals surface area contributed by atoms with Gasteiger partial charge in [-0.2, -0.15) is 0 Å². The van der Waals surface area contributed by atoms with Gasteiger partial charge in [-0.05, 0) is 31.1 Å². The van der Waals surface area contributed by atoms with Crippen LogP contribution < -0.4 is 0 Å². The molecule has 0 spiro atoms. The van der Waals surface area contributed by atoms with Crippen LogP contribution in [0.4, 0.5) is 0 Å². The second-order valence-corrected chi connectivity index (χ2v) is 3.24. The number of allylic oxidation sites excluding steroid dienone is 3. The van der Waals surface area contributed by atoms with Gasteiger partial charge in [0.2, 0.25) is 0 Å². The summed E-state index contributed by atoms with van der Waals surface area (Å²) < 4.78 is 0. The molecule has 14 heavy (non-hydrogen) atoms. The largest absolute Gasteiger partial charge is 0.299 e. The minimum atomic E-state index is 0.770. The summed E-state index contributed by atoms with van der Waals surface area (Å²) in [4.78, 5) is 10.0. The molecule has 0 aliphatic rings. The van der Waals surface area contributed by atoms with Crippen molar-refractivity contribution < 1.29 is 4.79 Å². The van der Waals surface area contributed by atoms with Gasteiger partial charge in [-0.15, -0.1) is 0 Å². The molecule has 0 unspecified atom stereocenters. The Morgan fingerprint density at radius 1 is 1.07 bits per heavy atom. The van der Waals surface area contributed by atoms with Gasteiger partial charge < -0.3 is 0 Å². The molecule has 0 heterocycles. The molecule has 0 bridgehead atoms. The number of hydrogen-bond donors (Lipinski definition) is 0. The quantitative estimate of drug-likeness (QED) is 0.403. The molecule has 0 atom stereocenters. The van der Waals surface area contributed by atoms with Gasteiger partial charge in [0.15, 0.2) is 0 Å². The zero-order chi connectivity index (χ0) is 10.4. The van der Waals surface area contributed by atoms with Gasteiger partial charge in [-0.1, -0.05) is 42.0 Å². The highest BCUT2D eigenvalue weighted by molar-refractivity contribution is 5.66. The highest BCUT2D eigenvalue weighted by Gasteiger charge is 1.92. The lowest BCUT2D eigenvalue weighted by Gasteiger charge is -2.00. The van der Waals surface area contributed by atoms with Crippen LogP contribution >= 0.6 is 0 Å². The van der Waals surface area contributed by atoms with E-state index in [2.05, 4.69) is 32.0 Å². The normalized spacial score (nSPS) is 11.3. The zero-order valence-electron chi connectivity index (χ0n) is 8.53. The Morgan fingerprint density at radius 2 is 1.86 bits per heavy atom. The van der Waals surface area contributed by atoms with Gasteiger partial charge in [0.05, 0.1) is 0 Å². The van der Waals surface area contributed by atoms with E-state index in [0.29, 0.717) is 0 Å². The predicted octanol–water partition coefficient (Wildman–Crippen LogP) is 3.07. The SMILES string of the molecule is Cc1ccc(/C=C/C=C/C=O)c(C)c1. The van der Waals surface area contributed by atoms with Crippen LogP contribution in [0, 0.1) is 13.8 Å². The summed E-state index contributed by atoms with van der Waals surface area (Å²) in [5, 5.41) is 0. The van der Waals surface area contributed by atoms with E-state index in [1.807, 2.05) is 12.2 Å². The van der Waals surface area contributed by atoms with Gasteiger partial charge >= 0.3 is 0 Å². The van der Waals surface area contributed by atoms with E-state index in [9.17, 15) is 4.79 Å². The zero-order valence-corrected chi connectivity index (χ0v) is 8.53. The van der Waals surface area contributed by atoms with Crippen LogP contribution in [0.15, 0.2) is 36.4 Å². The summed E-state index contributed by atoms with van der Waals surface area (Å²) in [6, 6.07) is 6.30. The van der Waals surface area contributed by atoms with Crippen LogP contribution in [0.2, 0.25) is 0 Å². The van der Waals surface area contributed by atoms with E-state index in [0.717, 1.165) is 6.29 Å². The topological polar surface area (TPSA) is 17.1 Å². The average molecular weight is 186 g/mol. The van der Waals surface area contributed by atoms with Crippen molar-refractivity contribution >= 4 is 12.4 Å². The maximum Gasteiger partial charge on any atom is 0.142 e. The number of carbonyl (C=O) groups excluding carboxylic acids is 1. The van der Waals surface area contributed by atoms with Crippen molar-refractivity contribution in [3.05, 3.63) is 53.1 Å². The maximum absolute atomic E-state index is 10.0. The van der Waals surface area contributed by atoms with Crippen molar-refractivity contribution in [3.8, 4) is 0 Å². The molecule has 1 rings (SSSR count). The number of hydrogen-bond acceptors (Lipinski definition) is 1. The van der Waals surface area contributed by atoms with Crippen LogP contribution in [0.25, 0.3) is 6.08 Å². The number of carbonyl (C=O) groups is 1. The summed E-state index contributed by atoms with van der Waals surface area (Å²) in [5.41, 5.74) is 3.70. The smallest absolute Gasteiger partial charge is 0.142 e. The summed E-state index contributed by atoms with van der Waals surface area (Å²) >= 11 is 0. The van der Waals surface area contributed by atoms with Gasteiger partial charge in [0.25, 0.3) is 0 Å².